The zero-order chi connectivity index (χ0) is 13.6. The molecule has 114 valence electrons. The minimum absolute atomic E-state index is 0.864. The summed E-state index contributed by atoms with van der Waals surface area (Å²) in [6.45, 7) is 6.30. The topological polar surface area (TPSA) is 38.5 Å². The standard InChI is InChI=1S/C16H34N2O/c17-11-9-7-5-3-1-2-4-6-8-10-12-18-13-15-19-16-14-18/h1-17H2. The molecular weight excluding hydrogens is 236 g/mol. The van der Waals surface area contributed by atoms with Crippen molar-refractivity contribution in [1.82, 2.24) is 4.90 Å². The Morgan fingerprint density at radius 2 is 1.16 bits per heavy atom. The Morgan fingerprint density at radius 3 is 1.68 bits per heavy atom. The van der Waals surface area contributed by atoms with Gasteiger partial charge in [-0.05, 0) is 25.9 Å². The number of nitrogens with two attached hydrogens (primary N) is 1. The third kappa shape index (κ3) is 10.3. The van der Waals surface area contributed by atoms with Gasteiger partial charge in [0.2, 0.25) is 0 Å². The van der Waals surface area contributed by atoms with E-state index < -0.39 is 0 Å². The molecule has 0 aromatic rings. The molecule has 0 unspecified atom stereocenters. The van der Waals surface area contributed by atoms with Gasteiger partial charge in [-0.1, -0.05) is 51.4 Å². The summed E-state index contributed by atoms with van der Waals surface area (Å²) in [6, 6.07) is 0. The summed E-state index contributed by atoms with van der Waals surface area (Å²) in [6.07, 6.45) is 13.8. The highest BCUT2D eigenvalue weighted by Crippen LogP contribution is 2.11. The number of hydrogen-bond acceptors (Lipinski definition) is 3. The summed E-state index contributed by atoms with van der Waals surface area (Å²) >= 11 is 0. The number of hydrogen-bond donors (Lipinski definition) is 1. The van der Waals surface area contributed by atoms with E-state index in [1.807, 2.05) is 0 Å². The first kappa shape index (κ1) is 16.9. The molecule has 3 nitrogen and oxygen atoms in total. The average Bonchev–Trinajstić information content (AvgIpc) is 2.46. The van der Waals surface area contributed by atoms with Crippen LogP contribution in [0.4, 0.5) is 0 Å². The molecule has 2 N–H and O–H groups in total. The molecule has 0 aliphatic carbocycles. The maximum atomic E-state index is 5.48. The van der Waals surface area contributed by atoms with E-state index in [4.69, 9.17) is 10.5 Å². The number of rotatable bonds is 12. The Morgan fingerprint density at radius 1 is 0.684 bits per heavy atom. The number of unbranched alkanes of at least 4 members (excludes halogenated alkanes) is 9. The smallest absolute Gasteiger partial charge is 0.0594 e. The Bertz CT molecular complexity index is 182. The van der Waals surface area contributed by atoms with Gasteiger partial charge < -0.3 is 10.5 Å². The molecule has 0 atom stereocenters. The molecule has 0 radical (unpaired) electrons. The maximum absolute atomic E-state index is 5.48. The second kappa shape index (κ2) is 12.9. The van der Waals surface area contributed by atoms with Crippen LogP contribution in [0.15, 0.2) is 0 Å². The summed E-state index contributed by atoms with van der Waals surface area (Å²) in [5.41, 5.74) is 5.48. The van der Waals surface area contributed by atoms with Gasteiger partial charge in [-0.2, -0.15) is 0 Å². The molecule has 0 amide bonds. The Balaban J connectivity index is 1.71. The second-order valence-electron chi connectivity index (χ2n) is 5.78. The molecular formula is C16H34N2O. The minimum Gasteiger partial charge on any atom is -0.379 e. The average molecular weight is 270 g/mol. The first-order valence-electron chi connectivity index (χ1n) is 8.43. The van der Waals surface area contributed by atoms with Gasteiger partial charge in [0.15, 0.2) is 0 Å². The molecule has 0 aromatic heterocycles. The van der Waals surface area contributed by atoms with E-state index in [1.54, 1.807) is 0 Å². The van der Waals surface area contributed by atoms with E-state index >= 15 is 0 Å². The van der Waals surface area contributed by atoms with E-state index in [-0.39, 0.29) is 0 Å². The molecule has 19 heavy (non-hydrogen) atoms. The van der Waals surface area contributed by atoms with Crippen LogP contribution in [0.5, 0.6) is 0 Å². The number of ether oxygens (including phenoxy) is 1. The van der Waals surface area contributed by atoms with Crippen LogP contribution in [-0.4, -0.2) is 44.3 Å². The quantitative estimate of drug-likeness (QED) is 0.554. The van der Waals surface area contributed by atoms with Gasteiger partial charge in [0.25, 0.3) is 0 Å². The fraction of sp³-hybridized carbons (Fsp3) is 1.00. The second-order valence-corrected chi connectivity index (χ2v) is 5.78. The predicted molar refractivity (Wildman–Crippen MR) is 82.5 cm³/mol. The Labute approximate surface area is 119 Å². The minimum atomic E-state index is 0.864. The van der Waals surface area contributed by atoms with Gasteiger partial charge in [-0.15, -0.1) is 0 Å². The van der Waals surface area contributed by atoms with E-state index in [0.29, 0.717) is 0 Å². The van der Waals surface area contributed by atoms with Crippen molar-refractivity contribution >= 4 is 0 Å². The van der Waals surface area contributed by atoms with Crippen LogP contribution in [0.25, 0.3) is 0 Å². The number of nitrogens with zero attached hydrogens (tertiary/aromatic N) is 1. The third-order valence-electron chi connectivity index (χ3n) is 4.03. The van der Waals surface area contributed by atoms with Crippen LogP contribution < -0.4 is 5.73 Å². The van der Waals surface area contributed by atoms with Crippen molar-refractivity contribution in [3.8, 4) is 0 Å². The van der Waals surface area contributed by atoms with Crippen LogP contribution in [0, 0.1) is 0 Å². The van der Waals surface area contributed by atoms with Crippen LogP contribution in [-0.2, 0) is 4.74 Å². The molecule has 3 heteroatoms. The van der Waals surface area contributed by atoms with Crippen molar-refractivity contribution < 1.29 is 4.74 Å². The van der Waals surface area contributed by atoms with E-state index in [9.17, 15) is 0 Å². The molecule has 0 aromatic carbocycles. The first-order chi connectivity index (χ1) is 9.43. The SMILES string of the molecule is NCCCCCCCCCCCCN1CCOCC1. The summed E-state index contributed by atoms with van der Waals surface area (Å²) in [7, 11) is 0. The molecule has 1 aliphatic heterocycles. The van der Waals surface area contributed by atoms with Gasteiger partial charge in [0, 0.05) is 13.1 Å². The number of morpholine rings is 1. The van der Waals surface area contributed by atoms with Crippen LogP contribution in [0.3, 0.4) is 0 Å². The molecule has 1 heterocycles. The third-order valence-corrected chi connectivity index (χ3v) is 4.03. The monoisotopic (exact) mass is 270 g/mol. The van der Waals surface area contributed by atoms with Crippen molar-refractivity contribution in [1.29, 1.82) is 0 Å². The predicted octanol–water partition coefficient (Wildman–Crippen LogP) is 3.18. The van der Waals surface area contributed by atoms with Gasteiger partial charge in [0.05, 0.1) is 13.2 Å². The summed E-state index contributed by atoms with van der Waals surface area (Å²) in [4.78, 5) is 2.54. The van der Waals surface area contributed by atoms with Crippen molar-refractivity contribution in [2.24, 2.45) is 5.73 Å². The van der Waals surface area contributed by atoms with Crippen LogP contribution in [0.1, 0.15) is 64.2 Å². The van der Waals surface area contributed by atoms with Gasteiger partial charge >= 0.3 is 0 Å². The van der Waals surface area contributed by atoms with E-state index in [1.165, 1.54) is 70.8 Å². The lowest BCUT2D eigenvalue weighted by molar-refractivity contribution is 0.0371. The van der Waals surface area contributed by atoms with Crippen molar-refractivity contribution in [2.75, 3.05) is 39.4 Å². The highest BCUT2D eigenvalue weighted by atomic mass is 16.5. The summed E-state index contributed by atoms with van der Waals surface area (Å²) < 4.78 is 5.36. The lowest BCUT2D eigenvalue weighted by Gasteiger charge is -2.26. The van der Waals surface area contributed by atoms with Crippen LogP contribution >= 0.6 is 0 Å². The molecule has 1 rings (SSSR count). The molecule has 0 saturated carbocycles. The van der Waals surface area contributed by atoms with Crippen molar-refractivity contribution in [3.63, 3.8) is 0 Å². The van der Waals surface area contributed by atoms with E-state index in [0.717, 1.165) is 32.8 Å². The highest BCUT2D eigenvalue weighted by Gasteiger charge is 2.08. The first-order valence-corrected chi connectivity index (χ1v) is 8.43. The van der Waals surface area contributed by atoms with E-state index in [2.05, 4.69) is 4.90 Å². The van der Waals surface area contributed by atoms with Crippen molar-refractivity contribution in [2.45, 2.75) is 64.2 Å². The van der Waals surface area contributed by atoms with Gasteiger partial charge in [-0.25, -0.2) is 0 Å². The molecule has 1 saturated heterocycles. The van der Waals surface area contributed by atoms with Crippen LogP contribution in [0.2, 0.25) is 0 Å². The fourth-order valence-electron chi connectivity index (χ4n) is 2.72. The lowest BCUT2D eigenvalue weighted by atomic mass is 10.1. The normalized spacial score (nSPS) is 16.9. The molecule has 0 bridgehead atoms. The molecule has 1 aliphatic rings. The molecule has 0 spiro atoms. The summed E-state index contributed by atoms with van der Waals surface area (Å²) in [5, 5.41) is 0. The Kier molecular flexibility index (Phi) is 11.5. The zero-order valence-corrected chi connectivity index (χ0v) is 12.7. The fourth-order valence-corrected chi connectivity index (χ4v) is 2.72. The summed E-state index contributed by atoms with van der Waals surface area (Å²) in [5.74, 6) is 0. The lowest BCUT2D eigenvalue weighted by Crippen LogP contribution is -2.36. The zero-order valence-electron chi connectivity index (χ0n) is 12.7. The molecule has 1 fully saturated rings. The van der Waals surface area contributed by atoms with Gasteiger partial charge in [0.1, 0.15) is 0 Å². The highest BCUT2D eigenvalue weighted by molar-refractivity contribution is 4.61. The van der Waals surface area contributed by atoms with Gasteiger partial charge in [-0.3, -0.25) is 4.90 Å². The Hall–Kier alpha value is -0.120. The maximum Gasteiger partial charge on any atom is 0.0594 e. The van der Waals surface area contributed by atoms with Crippen molar-refractivity contribution in [3.05, 3.63) is 0 Å². The largest absolute Gasteiger partial charge is 0.379 e.